The van der Waals surface area contributed by atoms with Crippen molar-refractivity contribution in [3.05, 3.63) is 52.7 Å². The lowest BCUT2D eigenvalue weighted by molar-refractivity contribution is -0.384. The van der Waals surface area contributed by atoms with Crippen molar-refractivity contribution in [1.82, 2.24) is 4.98 Å². The highest BCUT2D eigenvalue weighted by atomic mass is 16.6. The Balaban J connectivity index is 1.74. The summed E-state index contributed by atoms with van der Waals surface area (Å²) in [5, 5.41) is 13.3. The second-order valence-corrected chi connectivity index (χ2v) is 4.95. The molecule has 0 spiro atoms. The molecule has 1 N–H and O–H groups in total. The van der Waals surface area contributed by atoms with Gasteiger partial charge in [0.05, 0.1) is 4.92 Å². The molecule has 0 saturated carbocycles. The third kappa shape index (κ3) is 3.14. The number of ether oxygens (including phenoxy) is 1. The number of rotatable bonds is 4. The molecule has 24 heavy (non-hydrogen) atoms. The fraction of sp³-hybridized carbons (Fsp3) is 0.133. The summed E-state index contributed by atoms with van der Waals surface area (Å²) < 4.78 is 5.25. The van der Waals surface area contributed by atoms with E-state index in [2.05, 4.69) is 10.3 Å². The van der Waals surface area contributed by atoms with E-state index >= 15 is 0 Å². The van der Waals surface area contributed by atoms with Crippen molar-refractivity contribution >= 4 is 29.0 Å². The lowest BCUT2D eigenvalue weighted by Crippen LogP contribution is -2.43. The van der Waals surface area contributed by atoms with Crippen LogP contribution in [-0.4, -0.2) is 34.9 Å². The Morgan fingerprint density at radius 1 is 1.38 bits per heavy atom. The predicted octanol–water partition coefficient (Wildman–Crippen LogP) is 1.35. The number of non-ortho nitro benzene ring substituents is 1. The van der Waals surface area contributed by atoms with Gasteiger partial charge in [-0.15, -0.1) is 0 Å². The number of carbonyl (C=O) groups is 2. The molecule has 0 aliphatic carbocycles. The summed E-state index contributed by atoms with van der Waals surface area (Å²) in [6, 6.07) is 8.87. The van der Waals surface area contributed by atoms with Crippen molar-refractivity contribution in [3.8, 4) is 5.75 Å². The summed E-state index contributed by atoms with van der Waals surface area (Å²) in [4.78, 5) is 39.6. The Morgan fingerprint density at radius 2 is 2.21 bits per heavy atom. The van der Waals surface area contributed by atoms with Crippen LogP contribution in [0, 0.1) is 10.1 Å². The van der Waals surface area contributed by atoms with Crippen molar-refractivity contribution in [1.29, 1.82) is 0 Å². The lowest BCUT2D eigenvalue weighted by atomic mass is 10.2. The van der Waals surface area contributed by atoms with Crippen molar-refractivity contribution in [2.75, 3.05) is 23.4 Å². The van der Waals surface area contributed by atoms with E-state index in [0.717, 1.165) is 0 Å². The summed E-state index contributed by atoms with van der Waals surface area (Å²) in [5.41, 5.74) is 0.137. The first-order valence-corrected chi connectivity index (χ1v) is 6.97. The van der Waals surface area contributed by atoms with Crippen LogP contribution in [0.2, 0.25) is 0 Å². The molecule has 9 heteroatoms. The van der Waals surface area contributed by atoms with Gasteiger partial charge in [-0.3, -0.25) is 24.6 Å². The average Bonchev–Trinajstić information content (AvgIpc) is 2.57. The van der Waals surface area contributed by atoms with Gasteiger partial charge in [0.2, 0.25) is 5.91 Å². The fourth-order valence-electron chi connectivity index (χ4n) is 2.24. The Hall–Kier alpha value is -3.49. The quantitative estimate of drug-likeness (QED) is 0.669. The number of amides is 2. The number of benzene rings is 1. The normalized spacial score (nSPS) is 13.0. The summed E-state index contributed by atoms with van der Waals surface area (Å²) in [7, 11) is 0. The van der Waals surface area contributed by atoms with E-state index in [1.807, 2.05) is 0 Å². The van der Waals surface area contributed by atoms with Crippen LogP contribution in [0.1, 0.15) is 0 Å². The van der Waals surface area contributed by atoms with Gasteiger partial charge in [0, 0.05) is 24.0 Å². The number of fused-ring (bicyclic) bond motifs is 1. The summed E-state index contributed by atoms with van der Waals surface area (Å²) in [6.07, 6.45) is 1.49. The van der Waals surface area contributed by atoms with Crippen LogP contribution < -0.4 is 15.0 Å². The molecule has 1 aromatic carbocycles. The molecule has 9 nitrogen and oxygen atoms in total. The van der Waals surface area contributed by atoms with Crippen molar-refractivity contribution in [2.45, 2.75) is 0 Å². The monoisotopic (exact) mass is 328 g/mol. The minimum Gasteiger partial charge on any atom is -0.480 e. The third-order valence-corrected chi connectivity index (χ3v) is 3.30. The van der Waals surface area contributed by atoms with Crippen LogP contribution in [0.5, 0.6) is 5.75 Å². The number of nitro benzene ring substituents is 1. The molecule has 2 amide bonds. The number of carbonyl (C=O) groups excluding carboxylic acids is 2. The topological polar surface area (TPSA) is 115 Å². The number of nitrogens with zero attached hydrogens (tertiary/aromatic N) is 3. The average molecular weight is 328 g/mol. The zero-order chi connectivity index (χ0) is 17.1. The highest BCUT2D eigenvalue weighted by Gasteiger charge is 2.28. The zero-order valence-corrected chi connectivity index (χ0v) is 12.3. The van der Waals surface area contributed by atoms with Crippen LogP contribution in [-0.2, 0) is 9.59 Å². The van der Waals surface area contributed by atoms with Crippen LogP contribution >= 0.6 is 0 Å². The number of nitrogens with one attached hydrogen (secondary N) is 1. The van der Waals surface area contributed by atoms with Gasteiger partial charge in [-0.1, -0.05) is 6.07 Å². The maximum atomic E-state index is 12.2. The van der Waals surface area contributed by atoms with E-state index in [9.17, 15) is 19.7 Å². The van der Waals surface area contributed by atoms with Crippen LogP contribution in [0.3, 0.4) is 0 Å². The second-order valence-electron chi connectivity index (χ2n) is 4.95. The molecule has 1 aliphatic heterocycles. The van der Waals surface area contributed by atoms with Gasteiger partial charge in [-0.05, 0) is 18.2 Å². The first-order chi connectivity index (χ1) is 11.5. The van der Waals surface area contributed by atoms with Crippen LogP contribution in [0.4, 0.5) is 17.2 Å². The molecule has 3 rings (SSSR count). The van der Waals surface area contributed by atoms with E-state index in [1.165, 1.54) is 35.4 Å². The molecule has 1 aliphatic rings. The Kier molecular flexibility index (Phi) is 4.06. The Morgan fingerprint density at radius 3 is 3.00 bits per heavy atom. The summed E-state index contributed by atoms with van der Waals surface area (Å²) in [5.74, 6) is -0.207. The maximum absolute atomic E-state index is 12.2. The standard InChI is InChI=1S/C15H12N4O5/c20-13(17-10-3-1-4-11(7-10)19(22)23)8-18-14(21)9-24-12-5-2-6-16-15(12)18/h1-7H,8-9H2,(H,17,20). The molecule has 0 atom stereocenters. The number of pyridine rings is 1. The number of nitro groups is 1. The van der Waals surface area contributed by atoms with Gasteiger partial charge in [0.25, 0.3) is 11.6 Å². The molecule has 0 unspecified atom stereocenters. The Bertz CT molecular complexity index is 823. The fourth-order valence-corrected chi connectivity index (χ4v) is 2.24. The SMILES string of the molecule is O=C(CN1C(=O)COc2cccnc21)Nc1cccc([N+](=O)[O-])c1. The molecular formula is C15H12N4O5. The van der Waals surface area contributed by atoms with Gasteiger partial charge >= 0.3 is 0 Å². The number of anilines is 2. The van der Waals surface area contributed by atoms with Crippen molar-refractivity contribution in [2.24, 2.45) is 0 Å². The Labute approximate surface area is 136 Å². The van der Waals surface area contributed by atoms with Gasteiger partial charge in [-0.2, -0.15) is 0 Å². The van der Waals surface area contributed by atoms with Gasteiger partial charge in [-0.25, -0.2) is 4.98 Å². The second kappa shape index (κ2) is 6.32. The predicted molar refractivity (Wildman–Crippen MR) is 83.8 cm³/mol. The van der Waals surface area contributed by atoms with Gasteiger partial charge in [0.15, 0.2) is 18.2 Å². The molecule has 2 aromatic rings. The molecule has 122 valence electrons. The largest absolute Gasteiger partial charge is 0.480 e. The molecule has 0 bridgehead atoms. The number of hydrogen-bond donors (Lipinski definition) is 1. The molecule has 0 saturated heterocycles. The zero-order valence-electron chi connectivity index (χ0n) is 12.3. The van der Waals surface area contributed by atoms with E-state index in [1.54, 1.807) is 12.1 Å². The summed E-state index contributed by atoms with van der Waals surface area (Å²) in [6.45, 7) is -0.447. The minimum absolute atomic E-state index is 0.137. The minimum atomic E-state index is -0.554. The first-order valence-electron chi connectivity index (χ1n) is 6.97. The summed E-state index contributed by atoms with van der Waals surface area (Å²) >= 11 is 0. The highest BCUT2D eigenvalue weighted by molar-refractivity contribution is 6.04. The number of aromatic nitrogens is 1. The van der Waals surface area contributed by atoms with E-state index in [4.69, 9.17) is 4.74 Å². The molecule has 2 heterocycles. The van der Waals surface area contributed by atoms with Gasteiger partial charge in [0.1, 0.15) is 6.54 Å². The van der Waals surface area contributed by atoms with Crippen LogP contribution in [0.15, 0.2) is 42.6 Å². The van der Waals surface area contributed by atoms with Crippen LogP contribution in [0.25, 0.3) is 0 Å². The van der Waals surface area contributed by atoms with Crippen molar-refractivity contribution < 1.29 is 19.2 Å². The molecule has 1 aromatic heterocycles. The molecular weight excluding hydrogens is 316 g/mol. The van der Waals surface area contributed by atoms with E-state index in [0.29, 0.717) is 5.75 Å². The lowest BCUT2D eigenvalue weighted by Gasteiger charge is -2.27. The van der Waals surface area contributed by atoms with Crippen molar-refractivity contribution in [3.63, 3.8) is 0 Å². The van der Waals surface area contributed by atoms with E-state index < -0.39 is 16.7 Å². The first kappa shape index (κ1) is 15.4. The maximum Gasteiger partial charge on any atom is 0.271 e. The number of hydrogen-bond acceptors (Lipinski definition) is 6. The van der Waals surface area contributed by atoms with E-state index in [-0.39, 0.29) is 30.3 Å². The molecule has 0 radical (unpaired) electrons. The highest BCUT2D eigenvalue weighted by Crippen LogP contribution is 2.28. The smallest absolute Gasteiger partial charge is 0.271 e. The molecule has 0 fully saturated rings. The van der Waals surface area contributed by atoms with Gasteiger partial charge < -0.3 is 10.1 Å². The third-order valence-electron chi connectivity index (χ3n) is 3.30.